The van der Waals surface area contributed by atoms with Gasteiger partial charge >= 0.3 is 0 Å². The quantitative estimate of drug-likeness (QED) is 0.917. The van der Waals surface area contributed by atoms with Crippen molar-refractivity contribution in [3.63, 3.8) is 0 Å². The Balaban J connectivity index is 2.62. The molecule has 2 aromatic rings. The van der Waals surface area contributed by atoms with Crippen molar-refractivity contribution in [2.24, 2.45) is 0 Å². The van der Waals surface area contributed by atoms with Gasteiger partial charge in [-0.2, -0.15) is 0 Å². The molecule has 0 saturated carbocycles. The lowest BCUT2D eigenvalue weighted by Gasteiger charge is -2.12. The van der Waals surface area contributed by atoms with Gasteiger partial charge in [0.1, 0.15) is 5.82 Å². The summed E-state index contributed by atoms with van der Waals surface area (Å²) in [6.07, 6.45) is 0. The van der Waals surface area contributed by atoms with Crippen LogP contribution in [0.5, 0.6) is 0 Å². The molecular formula is C14H17BrN4. The minimum atomic E-state index is 0.280. The largest absolute Gasteiger partial charge is 0.383 e. The summed E-state index contributed by atoms with van der Waals surface area (Å²) >= 11 is 3.45. The second-order valence-electron chi connectivity index (χ2n) is 4.92. The number of halogens is 1. The molecule has 0 spiro atoms. The average molecular weight is 321 g/mol. The molecule has 0 aromatic carbocycles. The molecule has 2 heterocycles. The zero-order chi connectivity index (χ0) is 14.2. The van der Waals surface area contributed by atoms with Gasteiger partial charge in [0.15, 0.2) is 5.82 Å². The predicted octanol–water partition coefficient (Wildman–Crippen LogP) is 3.62. The summed E-state index contributed by atoms with van der Waals surface area (Å²) in [5.41, 5.74) is 9.74. The highest BCUT2D eigenvalue weighted by Gasteiger charge is 2.14. The van der Waals surface area contributed by atoms with Crippen LogP contribution in [0.15, 0.2) is 16.6 Å². The van der Waals surface area contributed by atoms with Crippen LogP contribution >= 0.6 is 15.9 Å². The van der Waals surface area contributed by atoms with Crippen molar-refractivity contribution in [1.82, 2.24) is 15.0 Å². The lowest BCUT2D eigenvalue weighted by molar-refractivity contribution is 0.811. The minimum Gasteiger partial charge on any atom is -0.383 e. The molecule has 2 aromatic heterocycles. The molecule has 0 aliphatic rings. The zero-order valence-corrected chi connectivity index (χ0v) is 13.1. The molecule has 4 nitrogen and oxygen atoms in total. The normalized spacial score (nSPS) is 11.1. The Kier molecular flexibility index (Phi) is 3.85. The molecule has 5 heteroatoms. The third-order valence-corrected chi connectivity index (χ3v) is 3.60. The number of hydrogen-bond donors (Lipinski definition) is 1. The van der Waals surface area contributed by atoms with Crippen molar-refractivity contribution >= 4 is 21.7 Å². The fourth-order valence-corrected chi connectivity index (χ4v) is 2.59. The van der Waals surface area contributed by atoms with Gasteiger partial charge in [0, 0.05) is 17.0 Å². The molecule has 0 saturated heterocycles. The van der Waals surface area contributed by atoms with E-state index < -0.39 is 0 Å². The summed E-state index contributed by atoms with van der Waals surface area (Å²) in [6, 6.07) is 3.94. The first kappa shape index (κ1) is 13.9. The highest BCUT2D eigenvalue weighted by Crippen LogP contribution is 2.29. The van der Waals surface area contributed by atoms with E-state index in [0.717, 1.165) is 27.1 Å². The third-order valence-electron chi connectivity index (χ3n) is 2.79. The lowest BCUT2D eigenvalue weighted by Crippen LogP contribution is -2.04. The summed E-state index contributed by atoms with van der Waals surface area (Å²) < 4.78 is 0.786. The second kappa shape index (κ2) is 5.25. The molecule has 19 heavy (non-hydrogen) atoms. The van der Waals surface area contributed by atoms with Crippen molar-refractivity contribution in [3.8, 4) is 11.4 Å². The molecule has 0 aliphatic carbocycles. The van der Waals surface area contributed by atoms with Crippen LogP contribution in [0.4, 0.5) is 5.82 Å². The number of hydrogen-bond acceptors (Lipinski definition) is 4. The van der Waals surface area contributed by atoms with Crippen LogP contribution in [0, 0.1) is 13.8 Å². The maximum Gasteiger partial charge on any atom is 0.161 e. The van der Waals surface area contributed by atoms with E-state index in [1.165, 1.54) is 0 Å². The first-order valence-corrected chi connectivity index (χ1v) is 6.96. The van der Waals surface area contributed by atoms with Gasteiger partial charge in [0.25, 0.3) is 0 Å². The maximum absolute atomic E-state index is 5.96. The van der Waals surface area contributed by atoms with Gasteiger partial charge in [0.05, 0.1) is 10.2 Å². The summed E-state index contributed by atoms with van der Waals surface area (Å²) in [4.78, 5) is 13.3. The Morgan fingerprint density at radius 3 is 2.16 bits per heavy atom. The van der Waals surface area contributed by atoms with Crippen molar-refractivity contribution in [3.05, 3.63) is 33.7 Å². The smallest absolute Gasteiger partial charge is 0.161 e. The second-order valence-corrected chi connectivity index (χ2v) is 5.72. The number of pyridine rings is 1. The van der Waals surface area contributed by atoms with Crippen molar-refractivity contribution in [2.45, 2.75) is 33.6 Å². The number of nitrogen functional groups attached to an aromatic ring is 1. The summed E-state index contributed by atoms with van der Waals surface area (Å²) in [5, 5.41) is 0. The Hall–Kier alpha value is -1.49. The Morgan fingerprint density at radius 2 is 1.63 bits per heavy atom. The molecule has 0 amide bonds. The number of nitrogens with two attached hydrogens (primary N) is 1. The molecule has 0 unspecified atom stereocenters. The van der Waals surface area contributed by atoms with E-state index in [-0.39, 0.29) is 5.92 Å². The van der Waals surface area contributed by atoms with E-state index in [1.807, 2.05) is 26.0 Å². The van der Waals surface area contributed by atoms with E-state index in [4.69, 9.17) is 5.73 Å². The Morgan fingerprint density at radius 1 is 1.05 bits per heavy atom. The van der Waals surface area contributed by atoms with Crippen LogP contribution in [-0.2, 0) is 0 Å². The SMILES string of the molecule is Cc1cc(-c2nc(N)c(Br)c(C(C)C)n2)cc(C)n1. The zero-order valence-electron chi connectivity index (χ0n) is 11.5. The monoisotopic (exact) mass is 320 g/mol. The summed E-state index contributed by atoms with van der Waals surface area (Å²) in [5.74, 6) is 1.40. The molecule has 0 atom stereocenters. The average Bonchev–Trinajstić information content (AvgIpc) is 2.30. The number of aromatic nitrogens is 3. The molecular weight excluding hydrogens is 304 g/mol. The molecule has 0 fully saturated rings. The van der Waals surface area contributed by atoms with Crippen molar-refractivity contribution < 1.29 is 0 Å². The molecule has 100 valence electrons. The third kappa shape index (κ3) is 2.92. The van der Waals surface area contributed by atoms with Crippen LogP contribution in [0.2, 0.25) is 0 Å². The molecule has 2 rings (SSSR count). The summed E-state index contributed by atoms with van der Waals surface area (Å²) in [7, 11) is 0. The predicted molar refractivity (Wildman–Crippen MR) is 80.9 cm³/mol. The molecule has 0 bridgehead atoms. The van der Waals surface area contributed by atoms with Crippen LogP contribution < -0.4 is 5.73 Å². The van der Waals surface area contributed by atoms with Gasteiger partial charge in [-0.3, -0.25) is 4.98 Å². The van der Waals surface area contributed by atoms with Crippen LogP contribution in [0.3, 0.4) is 0 Å². The number of anilines is 1. The molecule has 0 radical (unpaired) electrons. The van der Waals surface area contributed by atoms with Crippen LogP contribution in [-0.4, -0.2) is 15.0 Å². The van der Waals surface area contributed by atoms with E-state index in [0.29, 0.717) is 11.6 Å². The fraction of sp³-hybridized carbons (Fsp3) is 0.357. The first-order valence-electron chi connectivity index (χ1n) is 6.17. The van der Waals surface area contributed by atoms with E-state index in [1.54, 1.807) is 0 Å². The van der Waals surface area contributed by atoms with E-state index in [2.05, 4.69) is 44.7 Å². The minimum absolute atomic E-state index is 0.280. The fourth-order valence-electron chi connectivity index (χ4n) is 1.96. The number of nitrogens with zero attached hydrogens (tertiary/aromatic N) is 3. The first-order chi connectivity index (χ1) is 8.88. The van der Waals surface area contributed by atoms with Gasteiger partial charge < -0.3 is 5.73 Å². The van der Waals surface area contributed by atoms with Gasteiger partial charge in [0.2, 0.25) is 0 Å². The van der Waals surface area contributed by atoms with Gasteiger partial charge in [-0.25, -0.2) is 9.97 Å². The Bertz CT molecular complexity index is 603. The van der Waals surface area contributed by atoms with Crippen LogP contribution in [0.25, 0.3) is 11.4 Å². The number of rotatable bonds is 2. The van der Waals surface area contributed by atoms with Gasteiger partial charge in [-0.15, -0.1) is 0 Å². The highest BCUT2D eigenvalue weighted by atomic mass is 79.9. The molecule has 2 N–H and O–H groups in total. The van der Waals surface area contributed by atoms with Crippen LogP contribution in [0.1, 0.15) is 36.8 Å². The Labute approximate surface area is 121 Å². The molecule has 0 aliphatic heterocycles. The number of aryl methyl sites for hydroxylation is 2. The summed E-state index contributed by atoms with van der Waals surface area (Å²) in [6.45, 7) is 8.09. The highest BCUT2D eigenvalue weighted by molar-refractivity contribution is 9.10. The topological polar surface area (TPSA) is 64.7 Å². The lowest BCUT2D eigenvalue weighted by atomic mass is 10.1. The maximum atomic E-state index is 5.96. The van der Waals surface area contributed by atoms with Crippen molar-refractivity contribution in [1.29, 1.82) is 0 Å². The van der Waals surface area contributed by atoms with Gasteiger partial charge in [-0.1, -0.05) is 13.8 Å². The van der Waals surface area contributed by atoms with E-state index in [9.17, 15) is 0 Å². The van der Waals surface area contributed by atoms with Gasteiger partial charge in [-0.05, 0) is 47.8 Å². The van der Waals surface area contributed by atoms with Crippen molar-refractivity contribution in [2.75, 3.05) is 5.73 Å². The van der Waals surface area contributed by atoms with E-state index >= 15 is 0 Å². The standard InChI is InChI=1S/C14H17BrN4/c1-7(2)12-11(15)13(16)19-14(18-12)10-5-8(3)17-9(4)6-10/h5-7H,1-4H3,(H2,16,18,19).